The number of hydrogen-bond acceptors (Lipinski definition) is 4. The van der Waals surface area contributed by atoms with E-state index in [-0.39, 0.29) is 11.9 Å². The van der Waals surface area contributed by atoms with Gasteiger partial charge in [-0.3, -0.25) is 15.0 Å². The first-order valence-electron chi connectivity index (χ1n) is 8.84. The Balaban J connectivity index is 1.47. The van der Waals surface area contributed by atoms with Gasteiger partial charge >= 0.3 is 6.03 Å². The van der Waals surface area contributed by atoms with Gasteiger partial charge in [-0.05, 0) is 31.2 Å². The number of para-hydroxylation sites is 2. The molecule has 2 aromatic rings. The van der Waals surface area contributed by atoms with Crippen LogP contribution in [0.1, 0.15) is 6.92 Å². The first-order valence-corrected chi connectivity index (χ1v) is 8.84. The largest absolute Gasteiger partial charge is 0.369 e. The van der Waals surface area contributed by atoms with Gasteiger partial charge in [-0.15, -0.1) is 0 Å². The Bertz CT molecular complexity index is 728. The van der Waals surface area contributed by atoms with Crippen molar-refractivity contribution in [2.45, 2.75) is 13.0 Å². The van der Waals surface area contributed by atoms with Gasteiger partial charge in [-0.1, -0.05) is 36.4 Å². The highest BCUT2D eigenvalue weighted by atomic mass is 16.2. The number of amides is 3. The third-order valence-corrected chi connectivity index (χ3v) is 4.63. The highest BCUT2D eigenvalue weighted by Crippen LogP contribution is 2.16. The van der Waals surface area contributed by atoms with Crippen LogP contribution in [0.4, 0.5) is 16.2 Å². The standard InChI is InChI=1S/C20H24N4O2/c1-16(19(25)22-20(26)21-17-8-4-2-5-9-17)23-12-14-24(15-13-23)18-10-6-3-7-11-18/h2-11,16H,12-15H2,1H3,(H2,21,22,25,26)/t16-/m1/s1. The Morgan fingerprint density at radius 1 is 0.885 bits per heavy atom. The lowest BCUT2D eigenvalue weighted by Crippen LogP contribution is -2.55. The van der Waals surface area contributed by atoms with Gasteiger partial charge in [-0.25, -0.2) is 4.79 Å². The summed E-state index contributed by atoms with van der Waals surface area (Å²) in [5.74, 6) is -0.286. The van der Waals surface area contributed by atoms with E-state index in [1.54, 1.807) is 12.1 Å². The molecule has 3 amide bonds. The maximum atomic E-state index is 12.4. The van der Waals surface area contributed by atoms with Crippen molar-refractivity contribution >= 4 is 23.3 Å². The Morgan fingerprint density at radius 2 is 1.46 bits per heavy atom. The summed E-state index contributed by atoms with van der Waals surface area (Å²) in [6.07, 6.45) is 0. The van der Waals surface area contributed by atoms with Gasteiger partial charge in [0.05, 0.1) is 6.04 Å². The Kier molecular flexibility index (Phi) is 5.86. The molecule has 0 unspecified atom stereocenters. The Labute approximate surface area is 153 Å². The Hall–Kier alpha value is -2.86. The quantitative estimate of drug-likeness (QED) is 0.888. The monoisotopic (exact) mass is 352 g/mol. The molecule has 1 atom stereocenters. The van der Waals surface area contributed by atoms with Crippen molar-refractivity contribution in [2.24, 2.45) is 0 Å². The van der Waals surface area contributed by atoms with E-state index in [1.165, 1.54) is 5.69 Å². The van der Waals surface area contributed by atoms with E-state index in [4.69, 9.17) is 0 Å². The van der Waals surface area contributed by atoms with Gasteiger partial charge in [0.25, 0.3) is 0 Å². The molecule has 6 heteroatoms. The molecule has 1 aliphatic heterocycles. The third-order valence-electron chi connectivity index (χ3n) is 4.63. The number of imide groups is 1. The molecule has 0 aromatic heterocycles. The number of piperazine rings is 1. The molecule has 0 radical (unpaired) electrons. The highest BCUT2D eigenvalue weighted by Gasteiger charge is 2.26. The summed E-state index contributed by atoms with van der Waals surface area (Å²) < 4.78 is 0. The second-order valence-electron chi connectivity index (χ2n) is 6.34. The van der Waals surface area contributed by atoms with Crippen LogP contribution >= 0.6 is 0 Å². The van der Waals surface area contributed by atoms with Gasteiger partial charge in [0, 0.05) is 37.6 Å². The predicted octanol–water partition coefficient (Wildman–Crippen LogP) is 2.55. The van der Waals surface area contributed by atoms with Crippen molar-refractivity contribution in [1.29, 1.82) is 0 Å². The summed E-state index contributed by atoms with van der Waals surface area (Å²) in [7, 11) is 0. The van der Waals surface area contributed by atoms with E-state index < -0.39 is 6.03 Å². The van der Waals surface area contributed by atoms with E-state index in [0.29, 0.717) is 5.69 Å². The molecule has 3 rings (SSSR count). The summed E-state index contributed by atoms with van der Waals surface area (Å²) in [6, 6.07) is 18.5. The fraction of sp³-hybridized carbons (Fsp3) is 0.300. The zero-order chi connectivity index (χ0) is 18.4. The smallest absolute Gasteiger partial charge is 0.325 e. The Morgan fingerprint density at radius 3 is 2.08 bits per heavy atom. The lowest BCUT2D eigenvalue weighted by molar-refractivity contribution is -0.124. The summed E-state index contributed by atoms with van der Waals surface area (Å²) in [5.41, 5.74) is 1.86. The van der Waals surface area contributed by atoms with Crippen LogP contribution in [-0.4, -0.2) is 49.1 Å². The number of nitrogens with one attached hydrogen (secondary N) is 2. The molecule has 2 aromatic carbocycles. The molecule has 1 saturated heterocycles. The van der Waals surface area contributed by atoms with E-state index in [1.807, 2.05) is 43.3 Å². The van der Waals surface area contributed by atoms with Crippen LogP contribution in [0.25, 0.3) is 0 Å². The maximum absolute atomic E-state index is 12.4. The molecule has 2 N–H and O–H groups in total. The van der Waals surface area contributed by atoms with Crippen molar-refractivity contribution in [1.82, 2.24) is 10.2 Å². The average Bonchev–Trinajstić information content (AvgIpc) is 2.69. The number of rotatable bonds is 4. The summed E-state index contributed by atoms with van der Waals surface area (Å²) in [5, 5.41) is 5.09. The lowest BCUT2D eigenvalue weighted by atomic mass is 10.2. The zero-order valence-electron chi connectivity index (χ0n) is 14.9. The number of carbonyl (C=O) groups is 2. The van der Waals surface area contributed by atoms with Crippen molar-refractivity contribution in [3.63, 3.8) is 0 Å². The molecule has 26 heavy (non-hydrogen) atoms. The SMILES string of the molecule is C[C@H](C(=O)NC(=O)Nc1ccccc1)N1CCN(c2ccccc2)CC1. The molecule has 0 aliphatic carbocycles. The number of anilines is 2. The first-order chi connectivity index (χ1) is 12.6. The molecule has 1 heterocycles. The third kappa shape index (κ3) is 4.61. The second kappa shape index (κ2) is 8.49. The molecule has 0 spiro atoms. The number of carbonyl (C=O) groups excluding carboxylic acids is 2. The van der Waals surface area contributed by atoms with Crippen molar-refractivity contribution in [3.8, 4) is 0 Å². The highest BCUT2D eigenvalue weighted by molar-refractivity contribution is 6.02. The summed E-state index contributed by atoms with van der Waals surface area (Å²) >= 11 is 0. The van der Waals surface area contributed by atoms with E-state index >= 15 is 0 Å². The lowest BCUT2D eigenvalue weighted by Gasteiger charge is -2.38. The van der Waals surface area contributed by atoms with Gasteiger partial charge in [0.2, 0.25) is 5.91 Å². The van der Waals surface area contributed by atoms with Crippen LogP contribution in [0, 0.1) is 0 Å². The fourth-order valence-electron chi connectivity index (χ4n) is 3.07. The van der Waals surface area contributed by atoms with Gasteiger partial charge in [0.1, 0.15) is 0 Å². The van der Waals surface area contributed by atoms with E-state index in [9.17, 15) is 9.59 Å². The van der Waals surface area contributed by atoms with Gasteiger partial charge in [0.15, 0.2) is 0 Å². The molecule has 136 valence electrons. The van der Waals surface area contributed by atoms with Crippen LogP contribution in [-0.2, 0) is 4.79 Å². The molecular formula is C20H24N4O2. The average molecular weight is 352 g/mol. The molecule has 6 nitrogen and oxygen atoms in total. The molecule has 0 bridgehead atoms. The molecular weight excluding hydrogens is 328 g/mol. The number of benzene rings is 2. The minimum atomic E-state index is -0.504. The van der Waals surface area contributed by atoms with Gasteiger partial charge in [-0.2, -0.15) is 0 Å². The fourth-order valence-corrected chi connectivity index (χ4v) is 3.07. The number of urea groups is 1. The van der Waals surface area contributed by atoms with Crippen LogP contribution < -0.4 is 15.5 Å². The van der Waals surface area contributed by atoms with Gasteiger partial charge < -0.3 is 10.2 Å². The minimum absolute atomic E-state index is 0.286. The molecule has 0 saturated carbocycles. The number of hydrogen-bond donors (Lipinski definition) is 2. The zero-order valence-corrected chi connectivity index (χ0v) is 14.9. The topological polar surface area (TPSA) is 64.7 Å². The van der Waals surface area contributed by atoms with Crippen molar-refractivity contribution in [3.05, 3.63) is 60.7 Å². The summed E-state index contributed by atoms with van der Waals surface area (Å²) in [4.78, 5) is 28.8. The summed E-state index contributed by atoms with van der Waals surface area (Å²) in [6.45, 7) is 5.12. The number of nitrogens with zero attached hydrogens (tertiary/aromatic N) is 2. The van der Waals surface area contributed by atoms with Crippen LogP contribution in [0.3, 0.4) is 0 Å². The van der Waals surface area contributed by atoms with E-state index in [2.05, 4.69) is 32.6 Å². The second-order valence-corrected chi connectivity index (χ2v) is 6.34. The van der Waals surface area contributed by atoms with Crippen molar-refractivity contribution in [2.75, 3.05) is 36.4 Å². The first kappa shape index (κ1) is 17.9. The minimum Gasteiger partial charge on any atom is -0.369 e. The van der Waals surface area contributed by atoms with Crippen LogP contribution in [0.15, 0.2) is 60.7 Å². The molecule has 1 fully saturated rings. The van der Waals surface area contributed by atoms with Crippen molar-refractivity contribution < 1.29 is 9.59 Å². The van der Waals surface area contributed by atoms with Crippen LogP contribution in [0.5, 0.6) is 0 Å². The molecule has 1 aliphatic rings. The normalized spacial score (nSPS) is 16.0. The maximum Gasteiger partial charge on any atom is 0.325 e. The van der Waals surface area contributed by atoms with E-state index in [0.717, 1.165) is 26.2 Å². The predicted molar refractivity (Wildman–Crippen MR) is 103 cm³/mol. The van der Waals surface area contributed by atoms with Crippen LogP contribution in [0.2, 0.25) is 0 Å².